The van der Waals surface area contributed by atoms with Gasteiger partial charge < -0.3 is 36.8 Å². The third-order valence-corrected chi connectivity index (χ3v) is 11.8. The lowest BCUT2D eigenvalue weighted by Crippen LogP contribution is -2.71. The summed E-state index contributed by atoms with van der Waals surface area (Å²) in [6, 6.07) is 9.73. The highest BCUT2D eigenvalue weighted by atomic mass is 32.2. The fourth-order valence-corrected chi connectivity index (χ4v) is 9.34. The molecule has 4 amide bonds. The van der Waals surface area contributed by atoms with Crippen molar-refractivity contribution in [3.8, 4) is 0 Å². The van der Waals surface area contributed by atoms with Crippen LogP contribution >= 0.6 is 23.5 Å². The average molecular weight is 699 g/mol. The highest BCUT2D eigenvalue weighted by molar-refractivity contribution is 8.02. The number of thioether (sulfide) groups is 2. The van der Waals surface area contributed by atoms with Crippen LogP contribution in [0.15, 0.2) is 60.7 Å². The van der Waals surface area contributed by atoms with Crippen LogP contribution in [0.25, 0.3) is 0 Å². The van der Waals surface area contributed by atoms with E-state index in [1.54, 1.807) is 88.4 Å². The number of carbonyl (C=O) groups excluding carboxylic acids is 4. The lowest BCUT2D eigenvalue weighted by molar-refractivity contribution is -0.161. The van der Waals surface area contributed by atoms with Crippen LogP contribution in [0.2, 0.25) is 0 Å². The Hall–Kier alpha value is -4.12. The molecule has 0 bridgehead atoms. The van der Waals surface area contributed by atoms with Gasteiger partial charge in [-0.2, -0.15) is 0 Å². The Morgan fingerprint density at radius 1 is 0.812 bits per heavy atom. The fraction of sp³-hybridized carbons (Fsp3) is 0.438. The molecular formula is C32H38N6O8S2. The summed E-state index contributed by atoms with van der Waals surface area (Å²) in [4.78, 5) is 79.8. The van der Waals surface area contributed by atoms with Crippen molar-refractivity contribution in [3.05, 3.63) is 71.8 Å². The van der Waals surface area contributed by atoms with Gasteiger partial charge >= 0.3 is 11.9 Å². The number of benzene rings is 2. The van der Waals surface area contributed by atoms with E-state index in [4.69, 9.17) is 5.73 Å². The van der Waals surface area contributed by atoms with Gasteiger partial charge in [-0.3, -0.25) is 29.3 Å². The molecule has 3 aliphatic heterocycles. The zero-order valence-corrected chi connectivity index (χ0v) is 28.2. The molecule has 14 nitrogen and oxygen atoms in total. The summed E-state index contributed by atoms with van der Waals surface area (Å²) < 4.78 is -1.69. The van der Waals surface area contributed by atoms with Crippen LogP contribution in [-0.2, 0) is 28.8 Å². The van der Waals surface area contributed by atoms with Gasteiger partial charge in [-0.25, -0.2) is 4.79 Å². The quantitative estimate of drug-likeness (QED) is 0.160. The maximum Gasteiger partial charge on any atom is 0.327 e. The molecule has 0 aromatic heterocycles. The van der Waals surface area contributed by atoms with Crippen molar-refractivity contribution in [2.45, 2.75) is 84.2 Å². The molecule has 8 atom stereocenters. The topological polar surface area (TPSA) is 220 Å². The van der Waals surface area contributed by atoms with Crippen molar-refractivity contribution in [2.24, 2.45) is 5.73 Å². The van der Waals surface area contributed by atoms with E-state index in [1.165, 1.54) is 16.7 Å². The fourth-order valence-electron chi connectivity index (χ4n) is 6.22. The van der Waals surface area contributed by atoms with E-state index in [1.807, 2.05) is 0 Å². The van der Waals surface area contributed by atoms with Crippen LogP contribution < -0.4 is 27.0 Å². The van der Waals surface area contributed by atoms with E-state index in [0.717, 1.165) is 11.8 Å². The maximum atomic E-state index is 14.1. The van der Waals surface area contributed by atoms with Gasteiger partial charge in [0.05, 0.1) is 5.37 Å². The number of aliphatic carboxylic acids is 2. The zero-order chi connectivity index (χ0) is 35.1. The third-order valence-electron chi connectivity index (χ3n) is 8.68. The number of hydrogen-bond donors (Lipinski definition) is 7. The number of amides is 4. The smallest absolute Gasteiger partial charge is 0.327 e. The van der Waals surface area contributed by atoms with Crippen LogP contribution in [0.3, 0.4) is 0 Å². The van der Waals surface area contributed by atoms with Gasteiger partial charge in [0.25, 0.3) is 0 Å². The van der Waals surface area contributed by atoms with Crippen molar-refractivity contribution >= 4 is 59.1 Å². The summed E-state index contributed by atoms with van der Waals surface area (Å²) in [5, 5.41) is 29.1. The van der Waals surface area contributed by atoms with Crippen molar-refractivity contribution in [2.75, 3.05) is 0 Å². The SMILES string of the molecule is CC1(C)S[C@@H]2[C@H](NC(=O)[C@H](NC(=O)[C@H](NC(=O)[C@H](N)c3ccccc3)[C@@H]3N[C@@H](C(=O)O)C(C)(C)S3)c3ccccc3)C(=O)N2[C@H]1C(=O)O. The second kappa shape index (κ2) is 13.4. The highest BCUT2D eigenvalue weighted by Gasteiger charge is 2.64. The Balaban J connectivity index is 1.40. The molecular weight excluding hydrogens is 661 g/mol. The number of carbonyl (C=O) groups is 6. The molecule has 3 aliphatic rings. The molecule has 2 aromatic carbocycles. The van der Waals surface area contributed by atoms with Crippen LogP contribution in [0.4, 0.5) is 0 Å². The zero-order valence-electron chi connectivity index (χ0n) is 26.6. The third kappa shape index (κ3) is 6.74. The first kappa shape index (κ1) is 35.2. The first-order chi connectivity index (χ1) is 22.5. The number of carboxylic acid groups (broad SMARTS) is 2. The minimum atomic E-state index is -1.39. The Labute approximate surface area is 285 Å². The summed E-state index contributed by atoms with van der Waals surface area (Å²) in [5.74, 6) is -5.06. The summed E-state index contributed by atoms with van der Waals surface area (Å²) in [6.45, 7) is 6.84. The van der Waals surface area contributed by atoms with E-state index in [2.05, 4.69) is 21.3 Å². The van der Waals surface area contributed by atoms with E-state index in [0.29, 0.717) is 11.1 Å². The average Bonchev–Trinajstić information content (AvgIpc) is 3.50. The normalized spacial score (nSPS) is 27.1. The summed E-state index contributed by atoms with van der Waals surface area (Å²) in [5.41, 5.74) is 7.09. The molecule has 8 N–H and O–H groups in total. The second-order valence-corrected chi connectivity index (χ2v) is 16.5. The van der Waals surface area contributed by atoms with E-state index in [-0.39, 0.29) is 0 Å². The van der Waals surface area contributed by atoms with Crippen LogP contribution in [0, 0.1) is 0 Å². The molecule has 3 heterocycles. The molecule has 48 heavy (non-hydrogen) atoms. The standard InChI is InChI=1S/C32H38N6O8S2/c1-31(2)21(29(43)44)37-26(47-31)19(35-23(39)17(33)15-11-7-5-8-12-15)25(41)34-18(16-13-9-6-10-14-16)24(40)36-20-27(42)38-22(30(45)46)32(3,4)48-28(20)38/h5-14,17-22,26,28,37H,33H2,1-4H3,(H,34,41)(H,35,39)(H,36,40)(H,43,44)(H,45,46)/t17-,18-,19+,20-,21+,22+,26-,28-/m1/s1. The van der Waals surface area contributed by atoms with E-state index >= 15 is 0 Å². The van der Waals surface area contributed by atoms with Crippen molar-refractivity contribution in [1.29, 1.82) is 0 Å². The number of β-lactam (4-membered cyclic amide) rings is 1. The molecule has 0 saturated carbocycles. The molecule has 5 rings (SSSR count). The Morgan fingerprint density at radius 2 is 1.40 bits per heavy atom. The number of carboxylic acids is 2. The monoisotopic (exact) mass is 698 g/mol. The van der Waals surface area contributed by atoms with Crippen LogP contribution in [0.1, 0.15) is 50.9 Å². The lowest BCUT2D eigenvalue weighted by atomic mass is 9.95. The molecule has 2 aromatic rings. The molecule has 16 heteroatoms. The largest absolute Gasteiger partial charge is 0.480 e. The van der Waals surface area contributed by atoms with Gasteiger partial charge in [-0.05, 0) is 38.8 Å². The predicted molar refractivity (Wildman–Crippen MR) is 178 cm³/mol. The number of fused-ring (bicyclic) bond motifs is 1. The van der Waals surface area contributed by atoms with Crippen LogP contribution in [0.5, 0.6) is 0 Å². The Kier molecular flexibility index (Phi) is 9.83. The number of hydrogen-bond acceptors (Lipinski definition) is 10. The lowest BCUT2D eigenvalue weighted by Gasteiger charge is -2.44. The Bertz CT molecular complexity index is 1610. The highest BCUT2D eigenvalue weighted by Crippen LogP contribution is 2.51. The van der Waals surface area contributed by atoms with Gasteiger partial charge in [0.1, 0.15) is 41.6 Å². The summed E-state index contributed by atoms with van der Waals surface area (Å²) in [6.07, 6.45) is 0. The summed E-state index contributed by atoms with van der Waals surface area (Å²) in [7, 11) is 0. The predicted octanol–water partition coefficient (Wildman–Crippen LogP) is 0.555. The second-order valence-electron chi connectivity index (χ2n) is 12.9. The minimum Gasteiger partial charge on any atom is -0.480 e. The van der Waals surface area contributed by atoms with Gasteiger partial charge in [-0.1, -0.05) is 60.7 Å². The number of nitrogens with one attached hydrogen (secondary N) is 4. The van der Waals surface area contributed by atoms with Gasteiger partial charge in [0, 0.05) is 9.49 Å². The number of rotatable bonds is 11. The molecule has 0 radical (unpaired) electrons. The molecule has 3 saturated heterocycles. The first-order valence-corrected chi connectivity index (χ1v) is 17.0. The van der Waals surface area contributed by atoms with E-state index < -0.39 is 92.1 Å². The molecule has 0 spiro atoms. The minimum absolute atomic E-state index is 0.372. The van der Waals surface area contributed by atoms with Crippen LogP contribution in [-0.4, -0.2) is 95.1 Å². The number of nitrogens with two attached hydrogens (primary N) is 1. The molecule has 256 valence electrons. The van der Waals surface area contributed by atoms with Crippen molar-refractivity contribution in [3.63, 3.8) is 0 Å². The van der Waals surface area contributed by atoms with Gasteiger partial charge in [0.2, 0.25) is 23.6 Å². The molecule has 0 aliphatic carbocycles. The summed E-state index contributed by atoms with van der Waals surface area (Å²) >= 11 is 2.41. The molecule has 3 fully saturated rings. The van der Waals surface area contributed by atoms with E-state index in [9.17, 15) is 39.0 Å². The first-order valence-electron chi connectivity index (χ1n) is 15.2. The Morgan fingerprint density at radius 3 is 1.94 bits per heavy atom. The van der Waals surface area contributed by atoms with Gasteiger partial charge in [-0.15, -0.1) is 23.5 Å². The molecule has 0 unspecified atom stereocenters. The maximum absolute atomic E-state index is 14.1. The number of nitrogens with zero attached hydrogens (tertiary/aromatic N) is 1. The van der Waals surface area contributed by atoms with Crippen molar-refractivity contribution in [1.82, 2.24) is 26.2 Å². The van der Waals surface area contributed by atoms with Gasteiger partial charge in [0.15, 0.2) is 0 Å². The van der Waals surface area contributed by atoms with Crippen molar-refractivity contribution < 1.29 is 39.0 Å².